The van der Waals surface area contributed by atoms with Crippen LogP contribution in [0.2, 0.25) is 13.1 Å². The Balaban J connectivity index is 1.16. The van der Waals surface area contributed by atoms with E-state index in [0.29, 0.717) is 0 Å². The first kappa shape index (κ1) is 29.8. The lowest BCUT2D eigenvalue weighted by molar-refractivity contribution is 0.669. The second-order valence-corrected chi connectivity index (χ2v) is 19.9. The minimum absolute atomic E-state index is 0.893. The molecule has 10 aromatic rings. The lowest BCUT2D eigenvalue weighted by atomic mass is 9.97. The van der Waals surface area contributed by atoms with Crippen LogP contribution >= 0.6 is 11.3 Å². The van der Waals surface area contributed by atoms with Crippen LogP contribution in [0.3, 0.4) is 0 Å². The molecule has 2 aromatic heterocycles. The maximum Gasteiger partial charge on any atom is 0.137 e. The molecule has 11 rings (SSSR count). The van der Waals surface area contributed by atoms with Gasteiger partial charge in [-0.15, -0.1) is 11.3 Å². The summed E-state index contributed by atoms with van der Waals surface area (Å²) in [6.07, 6.45) is 0. The Morgan fingerprint density at radius 1 is 0.519 bits per heavy atom. The zero-order valence-corrected chi connectivity index (χ0v) is 30.7. The standard InChI is InChI=1S/C48H33NOSSi/c1-52(2)44-27-26-37-36-17-6-8-23-43(36)51-48(37)47(44)39-25-24-33(29-45(39)52)49(40-20-11-22-42-46(40)38-18-5-7-21-41(38)50-42)32-15-9-14-31(28-32)35-19-10-13-30-12-3-4-16-34(30)35/h3-29H,1-2H3. The highest BCUT2D eigenvalue weighted by Gasteiger charge is 2.39. The van der Waals surface area contributed by atoms with Gasteiger partial charge < -0.3 is 9.32 Å². The number of para-hydroxylation sites is 1. The first-order chi connectivity index (χ1) is 25.5. The summed E-state index contributed by atoms with van der Waals surface area (Å²) in [7, 11) is -2.04. The van der Waals surface area contributed by atoms with E-state index in [1.165, 1.54) is 63.6 Å². The van der Waals surface area contributed by atoms with Gasteiger partial charge in [-0.2, -0.15) is 0 Å². The second kappa shape index (κ2) is 11.0. The maximum absolute atomic E-state index is 6.45. The molecule has 0 amide bonds. The first-order valence-electron chi connectivity index (χ1n) is 17.9. The average Bonchev–Trinajstić information content (AvgIpc) is 3.83. The van der Waals surface area contributed by atoms with E-state index in [1.807, 2.05) is 17.4 Å². The fraction of sp³-hybridized carbons (Fsp3) is 0.0417. The van der Waals surface area contributed by atoms with Crippen LogP contribution < -0.4 is 15.3 Å². The Morgan fingerprint density at radius 2 is 1.25 bits per heavy atom. The molecule has 0 unspecified atom stereocenters. The molecule has 0 aliphatic carbocycles. The molecule has 2 nitrogen and oxygen atoms in total. The third-order valence-electron chi connectivity index (χ3n) is 11.3. The van der Waals surface area contributed by atoms with Gasteiger partial charge in [-0.05, 0) is 91.9 Å². The molecule has 3 heterocycles. The molecule has 0 radical (unpaired) electrons. The summed E-state index contributed by atoms with van der Waals surface area (Å²) in [4.78, 5) is 2.46. The smallest absolute Gasteiger partial charge is 0.137 e. The molecule has 246 valence electrons. The zero-order chi connectivity index (χ0) is 34.6. The molecule has 52 heavy (non-hydrogen) atoms. The lowest BCUT2D eigenvalue weighted by Gasteiger charge is -2.28. The van der Waals surface area contributed by atoms with Crippen LogP contribution in [0.1, 0.15) is 0 Å². The van der Waals surface area contributed by atoms with E-state index in [1.54, 1.807) is 0 Å². The highest BCUT2D eigenvalue weighted by Crippen LogP contribution is 2.46. The summed E-state index contributed by atoms with van der Waals surface area (Å²) in [6, 6.07) is 60.1. The minimum atomic E-state index is -2.04. The van der Waals surface area contributed by atoms with Gasteiger partial charge in [-0.3, -0.25) is 0 Å². The summed E-state index contributed by atoms with van der Waals surface area (Å²) in [5.41, 5.74) is 10.4. The third kappa shape index (κ3) is 4.22. The van der Waals surface area contributed by atoms with E-state index >= 15 is 0 Å². The van der Waals surface area contributed by atoms with Crippen molar-refractivity contribution in [3.63, 3.8) is 0 Å². The average molecular weight is 700 g/mol. The van der Waals surface area contributed by atoms with Crippen molar-refractivity contribution < 1.29 is 4.42 Å². The van der Waals surface area contributed by atoms with E-state index < -0.39 is 8.07 Å². The molecule has 1 aliphatic rings. The molecule has 0 spiro atoms. The topological polar surface area (TPSA) is 16.4 Å². The van der Waals surface area contributed by atoms with Crippen LogP contribution in [0.25, 0.3) is 75.1 Å². The molecule has 0 fully saturated rings. The van der Waals surface area contributed by atoms with Gasteiger partial charge in [0, 0.05) is 36.9 Å². The predicted molar refractivity (Wildman–Crippen MR) is 226 cm³/mol. The van der Waals surface area contributed by atoms with Crippen LogP contribution in [0, 0.1) is 0 Å². The Labute approximate surface area is 306 Å². The SMILES string of the molecule is C[Si]1(C)c2cc(N(c3cccc(-c4cccc5ccccc45)c3)c3cccc4oc5ccccc5c34)ccc2-c2c1ccc1c2sc2ccccc21. The van der Waals surface area contributed by atoms with Crippen LogP contribution in [0.15, 0.2) is 168 Å². The largest absolute Gasteiger partial charge is 0.456 e. The summed E-state index contributed by atoms with van der Waals surface area (Å²) in [6.45, 7) is 5.05. The molecule has 0 saturated heterocycles. The van der Waals surface area contributed by atoms with Gasteiger partial charge in [0.05, 0.1) is 11.1 Å². The molecule has 0 saturated carbocycles. The number of thiophene rings is 1. The second-order valence-electron chi connectivity index (χ2n) is 14.5. The van der Waals surface area contributed by atoms with E-state index in [2.05, 4.69) is 176 Å². The highest BCUT2D eigenvalue weighted by atomic mass is 32.1. The van der Waals surface area contributed by atoms with Gasteiger partial charge in [-0.1, -0.05) is 128 Å². The molecule has 0 N–H and O–H groups in total. The normalized spacial score (nSPS) is 13.3. The van der Waals surface area contributed by atoms with Crippen LogP contribution in [0.4, 0.5) is 17.1 Å². The highest BCUT2D eigenvalue weighted by molar-refractivity contribution is 7.26. The Kier molecular flexibility index (Phi) is 6.31. The maximum atomic E-state index is 6.45. The number of furan rings is 1. The van der Waals surface area contributed by atoms with E-state index in [9.17, 15) is 0 Å². The molecule has 4 heteroatoms. The number of anilines is 3. The Hall–Kier alpha value is -5.94. The molecule has 1 aliphatic heterocycles. The number of hydrogen-bond acceptors (Lipinski definition) is 3. The van der Waals surface area contributed by atoms with Crippen molar-refractivity contribution in [1.29, 1.82) is 0 Å². The van der Waals surface area contributed by atoms with E-state index in [4.69, 9.17) is 4.42 Å². The zero-order valence-electron chi connectivity index (χ0n) is 28.9. The summed E-state index contributed by atoms with van der Waals surface area (Å²) >= 11 is 1.94. The molecule has 0 bridgehead atoms. The van der Waals surface area contributed by atoms with Crippen LogP contribution in [-0.4, -0.2) is 8.07 Å². The quantitative estimate of drug-likeness (QED) is 0.170. The monoisotopic (exact) mass is 699 g/mol. The van der Waals surface area contributed by atoms with Gasteiger partial charge >= 0.3 is 0 Å². The molecular formula is C48H33NOSSi. The first-order valence-corrected chi connectivity index (χ1v) is 21.7. The summed E-state index contributed by atoms with van der Waals surface area (Å²) in [5, 5.41) is 10.5. The van der Waals surface area contributed by atoms with Crippen molar-refractivity contribution >= 4 is 99.7 Å². The molecule has 8 aromatic carbocycles. The predicted octanol–water partition coefficient (Wildman–Crippen LogP) is 13.0. The Morgan fingerprint density at radius 3 is 2.17 bits per heavy atom. The lowest BCUT2D eigenvalue weighted by Crippen LogP contribution is -2.49. The number of fused-ring (bicyclic) bond motifs is 11. The van der Waals surface area contributed by atoms with Gasteiger partial charge in [-0.25, -0.2) is 0 Å². The van der Waals surface area contributed by atoms with Crippen molar-refractivity contribution in [3.8, 4) is 22.3 Å². The number of hydrogen-bond donors (Lipinski definition) is 0. The minimum Gasteiger partial charge on any atom is -0.456 e. The molecular weight excluding hydrogens is 667 g/mol. The van der Waals surface area contributed by atoms with Crippen molar-refractivity contribution in [1.82, 2.24) is 0 Å². The van der Waals surface area contributed by atoms with Crippen LogP contribution in [0.5, 0.6) is 0 Å². The van der Waals surface area contributed by atoms with Gasteiger partial charge in [0.1, 0.15) is 19.2 Å². The van der Waals surface area contributed by atoms with Gasteiger partial charge in [0.2, 0.25) is 0 Å². The fourth-order valence-corrected chi connectivity index (χ4v) is 13.2. The van der Waals surface area contributed by atoms with Crippen molar-refractivity contribution in [3.05, 3.63) is 164 Å². The van der Waals surface area contributed by atoms with Crippen molar-refractivity contribution in [2.45, 2.75) is 13.1 Å². The van der Waals surface area contributed by atoms with Gasteiger partial charge in [0.25, 0.3) is 0 Å². The number of nitrogens with zero attached hydrogens (tertiary/aromatic N) is 1. The van der Waals surface area contributed by atoms with Crippen molar-refractivity contribution in [2.75, 3.05) is 4.90 Å². The van der Waals surface area contributed by atoms with E-state index in [-0.39, 0.29) is 0 Å². The third-order valence-corrected chi connectivity index (χ3v) is 16.0. The number of benzene rings is 8. The summed E-state index contributed by atoms with van der Waals surface area (Å²) in [5.74, 6) is 0. The number of rotatable bonds is 4. The van der Waals surface area contributed by atoms with Crippen molar-refractivity contribution in [2.24, 2.45) is 0 Å². The molecule has 0 atom stereocenters. The fourth-order valence-electron chi connectivity index (χ4n) is 8.79. The summed E-state index contributed by atoms with van der Waals surface area (Å²) < 4.78 is 9.22. The van der Waals surface area contributed by atoms with E-state index in [0.717, 1.165) is 39.0 Å². The van der Waals surface area contributed by atoms with Crippen LogP contribution in [-0.2, 0) is 0 Å². The Bertz CT molecular complexity index is 3070. The van der Waals surface area contributed by atoms with Gasteiger partial charge in [0.15, 0.2) is 0 Å².